The highest BCUT2D eigenvalue weighted by Gasteiger charge is 2.39. The van der Waals surface area contributed by atoms with E-state index in [4.69, 9.17) is 17.3 Å². The number of imide groups is 1. The summed E-state index contributed by atoms with van der Waals surface area (Å²) in [6.07, 6.45) is 0.232. The van der Waals surface area contributed by atoms with E-state index < -0.39 is 0 Å². The van der Waals surface area contributed by atoms with Crippen LogP contribution in [-0.2, 0) is 9.59 Å². The first-order chi connectivity index (χ1) is 8.63. The maximum Gasteiger partial charge on any atom is 0.247 e. The number of carbonyl (C=O) groups excluding carboxylic acids is 2. The number of anilines is 1. The zero-order chi connectivity index (χ0) is 13.1. The van der Waals surface area contributed by atoms with Gasteiger partial charge in [0.15, 0.2) is 0 Å². The number of rotatable bonds is 4. The Bertz CT molecular complexity index is 481. The van der Waals surface area contributed by atoms with E-state index in [9.17, 15) is 9.59 Å². The zero-order valence-electron chi connectivity index (χ0n) is 9.64. The third kappa shape index (κ3) is 2.68. The van der Waals surface area contributed by atoms with Crippen LogP contribution >= 0.6 is 23.4 Å². The van der Waals surface area contributed by atoms with E-state index in [-0.39, 0.29) is 23.5 Å². The molecule has 0 radical (unpaired) electrons. The van der Waals surface area contributed by atoms with Crippen molar-refractivity contribution in [3.63, 3.8) is 0 Å². The van der Waals surface area contributed by atoms with Gasteiger partial charge in [-0.1, -0.05) is 17.7 Å². The van der Waals surface area contributed by atoms with Gasteiger partial charge in [0.05, 0.1) is 10.9 Å². The summed E-state index contributed by atoms with van der Waals surface area (Å²) in [6, 6.07) is 6.75. The Labute approximate surface area is 114 Å². The zero-order valence-corrected chi connectivity index (χ0v) is 11.2. The summed E-state index contributed by atoms with van der Waals surface area (Å²) in [4.78, 5) is 25.2. The third-order valence-electron chi connectivity index (χ3n) is 2.61. The largest absolute Gasteiger partial charge is 0.330 e. The van der Waals surface area contributed by atoms with E-state index in [0.717, 1.165) is 0 Å². The van der Waals surface area contributed by atoms with E-state index in [0.29, 0.717) is 23.0 Å². The highest BCUT2D eigenvalue weighted by molar-refractivity contribution is 8.00. The molecule has 2 N–H and O–H groups in total. The maximum absolute atomic E-state index is 12.1. The van der Waals surface area contributed by atoms with Crippen LogP contribution in [0.25, 0.3) is 0 Å². The van der Waals surface area contributed by atoms with Crippen molar-refractivity contribution in [2.45, 2.75) is 11.7 Å². The Balaban J connectivity index is 2.19. The second kappa shape index (κ2) is 5.73. The van der Waals surface area contributed by atoms with Crippen LogP contribution in [0.1, 0.15) is 6.42 Å². The smallest absolute Gasteiger partial charge is 0.247 e. The van der Waals surface area contributed by atoms with Gasteiger partial charge in [-0.15, -0.1) is 11.8 Å². The van der Waals surface area contributed by atoms with Gasteiger partial charge in [0.2, 0.25) is 11.8 Å². The number of hydrogen-bond donors (Lipinski definition) is 1. The Morgan fingerprint density at radius 2 is 2.22 bits per heavy atom. The molecule has 4 nitrogen and oxygen atoms in total. The van der Waals surface area contributed by atoms with E-state index in [2.05, 4.69) is 0 Å². The van der Waals surface area contributed by atoms with Gasteiger partial charge in [-0.25, -0.2) is 4.90 Å². The lowest BCUT2D eigenvalue weighted by Gasteiger charge is -2.14. The molecule has 0 bridgehead atoms. The lowest BCUT2D eigenvalue weighted by atomic mass is 10.3. The fourth-order valence-electron chi connectivity index (χ4n) is 1.83. The van der Waals surface area contributed by atoms with Gasteiger partial charge >= 0.3 is 0 Å². The van der Waals surface area contributed by atoms with Crippen LogP contribution in [-0.4, -0.2) is 29.4 Å². The number of nitrogens with zero attached hydrogens (tertiary/aromatic N) is 1. The molecule has 1 heterocycles. The summed E-state index contributed by atoms with van der Waals surface area (Å²) in [5, 5.41) is 0.186. The van der Waals surface area contributed by atoms with Crippen molar-refractivity contribution in [3.05, 3.63) is 29.3 Å². The molecule has 96 valence electrons. The van der Waals surface area contributed by atoms with Gasteiger partial charge in [-0.2, -0.15) is 0 Å². The molecule has 1 aromatic rings. The number of carbonyl (C=O) groups is 2. The van der Waals surface area contributed by atoms with Gasteiger partial charge < -0.3 is 5.73 Å². The van der Waals surface area contributed by atoms with Crippen LogP contribution in [0.5, 0.6) is 0 Å². The molecule has 18 heavy (non-hydrogen) atoms. The standard InChI is InChI=1S/C12H13ClN2O2S/c13-8-2-1-3-9(6-8)15-11(16)7-10(12(15)17)18-5-4-14/h1-3,6,10H,4-5,7,14H2. The van der Waals surface area contributed by atoms with Gasteiger partial charge in [-0.05, 0) is 18.2 Å². The molecule has 0 aliphatic carbocycles. The molecule has 0 saturated carbocycles. The average Bonchev–Trinajstić information content (AvgIpc) is 2.62. The molecule has 1 aromatic carbocycles. The van der Waals surface area contributed by atoms with Crippen molar-refractivity contribution in [3.8, 4) is 0 Å². The van der Waals surface area contributed by atoms with Crippen LogP contribution in [0.2, 0.25) is 5.02 Å². The van der Waals surface area contributed by atoms with Crippen molar-refractivity contribution in [1.82, 2.24) is 0 Å². The van der Waals surface area contributed by atoms with Crippen molar-refractivity contribution in [2.75, 3.05) is 17.2 Å². The lowest BCUT2D eigenvalue weighted by molar-refractivity contribution is -0.121. The molecule has 1 saturated heterocycles. The molecular formula is C12H13ClN2O2S. The molecule has 0 aromatic heterocycles. The normalized spacial score (nSPS) is 19.7. The molecule has 2 rings (SSSR count). The summed E-state index contributed by atoms with van der Waals surface area (Å²) >= 11 is 7.30. The summed E-state index contributed by atoms with van der Waals surface area (Å²) in [7, 11) is 0. The van der Waals surface area contributed by atoms with Crippen LogP contribution < -0.4 is 10.6 Å². The van der Waals surface area contributed by atoms with Crippen LogP contribution in [0.3, 0.4) is 0 Å². The fourth-order valence-corrected chi connectivity index (χ4v) is 2.94. The number of nitrogens with two attached hydrogens (primary N) is 1. The first-order valence-corrected chi connectivity index (χ1v) is 7.00. The molecule has 1 aliphatic heterocycles. The molecule has 6 heteroatoms. The minimum absolute atomic E-state index is 0.180. The summed E-state index contributed by atoms with van der Waals surface area (Å²) < 4.78 is 0. The predicted molar refractivity (Wildman–Crippen MR) is 73.9 cm³/mol. The minimum atomic E-state index is -0.319. The molecule has 2 amide bonds. The molecule has 1 atom stereocenters. The van der Waals surface area contributed by atoms with Gasteiger partial charge in [0.1, 0.15) is 0 Å². The SMILES string of the molecule is NCCSC1CC(=O)N(c2cccc(Cl)c2)C1=O. The lowest BCUT2D eigenvalue weighted by Crippen LogP contribution is -2.31. The van der Waals surface area contributed by atoms with Crippen molar-refractivity contribution in [2.24, 2.45) is 5.73 Å². The van der Waals surface area contributed by atoms with E-state index >= 15 is 0 Å². The average molecular weight is 285 g/mol. The first kappa shape index (κ1) is 13.4. The fraction of sp³-hybridized carbons (Fsp3) is 0.333. The maximum atomic E-state index is 12.1. The number of amides is 2. The first-order valence-electron chi connectivity index (χ1n) is 5.57. The molecular weight excluding hydrogens is 272 g/mol. The Kier molecular flexibility index (Phi) is 4.27. The van der Waals surface area contributed by atoms with Crippen LogP contribution in [0.4, 0.5) is 5.69 Å². The van der Waals surface area contributed by atoms with Crippen LogP contribution in [0.15, 0.2) is 24.3 Å². The van der Waals surface area contributed by atoms with Crippen LogP contribution in [0, 0.1) is 0 Å². The molecule has 0 spiro atoms. The van der Waals surface area contributed by atoms with Crippen molar-refractivity contribution in [1.29, 1.82) is 0 Å². The number of hydrogen-bond acceptors (Lipinski definition) is 4. The van der Waals surface area contributed by atoms with Gasteiger partial charge in [-0.3, -0.25) is 9.59 Å². The monoisotopic (exact) mass is 284 g/mol. The highest BCUT2D eigenvalue weighted by Crippen LogP contribution is 2.30. The highest BCUT2D eigenvalue weighted by atomic mass is 35.5. The van der Waals surface area contributed by atoms with E-state index in [1.807, 2.05) is 0 Å². The van der Waals surface area contributed by atoms with E-state index in [1.165, 1.54) is 16.7 Å². The minimum Gasteiger partial charge on any atom is -0.330 e. The number of halogens is 1. The van der Waals surface area contributed by atoms with Crippen molar-refractivity contribution < 1.29 is 9.59 Å². The predicted octanol–water partition coefficient (Wildman–Crippen LogP) is 1.66. The topological polar surface area (TPSA) is 63.4 Å². The van der Waals surface area contributed by atoms with Gasteiger partial charge in [0, 0.05) is 23.7 Å². The summed E-state index contributed by atoms with van der Waals surface area (Å²) in [5.41, 5.74) is 5.94. The Hall–Kier alpha value is -1.04. The molecule has 1 unspecified atom stereocenters. The van der Waals surface area contributed by atoms with Gasteiger partial charge in [0.25, 0.3) is 0 Å². The second-order valence-corrected chi connectivity index (χ2v) is 5.65. The Morgan fingerprint density at radius 3 is 2.89 bits per heavy atom. The number of thioether (sulfide) groups is 1. The quantitative estimate of drug-likeness (QED) is 0.854. The molecule has 1 aliphatic rings. The second-order valence-electron chi connectivity index (χ2n) is 3.90. The van der Waals surface area contributed by atoms with Crippen molar-refractivity contribution >= 4 is 40.9 Å². The van der Waals surface area contributed by atoms with E-state index in [1.54, 1.807) is 24.3 Å². The number of benzene rings is 1. The summed E-state index contributed by atoms with van der Waals surface area (Å²) in [6.45, 7) is 0.500. The third-order valence-corrected chi connectivity index (χ3v) is 4.09. The molecule has 1 fully saturated rings. The summed E-state index contributed by atoms with van der Waals surface area (Å²) in [5.74, 6) is 0.310. The Morgan fingerprint density at radius 1 is 1.44 bits per heavy atom.